The number of thiazole rings is 1. The average Bonchev–Trinajstić information content (AvgIpc) is 2.90. The number of nitrogens with zero attached hydrogens (tertiary/aromatic N) is 2. The van der Waals surface area contributed by atoms with E-state index in [9.17, 15) is 4.79 Å². The van der Waals surface area contributed by atoms with Gasteiger partial charge in [0, 0.05) is 20.4 Å². The van der Waals surface area contributed by atoms with Crippen molar-refractivity contribution in [3.63, 3.8) is 0 Å². The Kier molecular flexibility index (Phi) is 6.35. The Bertz CT molecular complexity index is 690. The fourth-order valence-corrected chi connectivity index (χ4v) is 2.76. The van der Waals surface area contributed by atoms with Gasteiger partial charge in [-0.15, -0.1) is 11.3 Å². The van der Waals surface area contributed by atoms with Crippen molar-refractivity contribution in [2.75, 3.05) is 12.0 Å². The third kappa shape index (κ3) is 5.08. The van der Waals surface area contributed by atoms with Crippen LogP contribution in [0.3, 0.4) is 0 Å². The van der Waals surface area contributed by atoms with Crippen molar-refractivity contribution in [3.8, 4) is 0 Å². The van der Waals surface area contributed by atoms with Gasteiger partial charge in [-0.1, -0.05) is 27.5 Å². The summed E-state index contributed by atoms with van der Waals surface area (Å²) in [7, 11) is 0. The molecule has 0 aliphatic rings. The third-order valence-electron chi connectivity index (χ3n) is 2.50. The van der Waals surface area contributed by atoms with Gasteiger partial charge >= 0.3 is 5.97 Å². The number of anilines is 1. The highest BCUT2D eigenvalue weighted by Crippen LogP contribution is 2.20. The number of esters is 1. The van der Waals surface area contributed by atoms with E-state index in [2.05, 4.69) is 31.4 Å². The van der Waals surface area contributed by atoms with Crippen molar-refractivity contribution in [2.24, 2.45) is 5.10 Å². The smallest absolute Gasteiger partial charge is 0.311 e. The lowest BCUT2D eigenvalue weighted by Crippen LogP contribution is -2.07. The fourth-order valence-electron chi connectivity index (χ4n) is 1.57. The second-order valence-corrected chi connectivity index (χ2v) is 6.31. The maximum atomic E-state index is 11.4. The fraction of sp³-hybridized carbons (Fsp3) is 0.214. The number of hydrogen-bond acceptors (Lipinski definition) is 6. The Morgan fingerprint density at radius 2 is 2.41 bits per heavy atom. The van der Waals surface area contributed by atoms with Crippen molar-refractivity contribution in [3.05, 3.63) is 44.3 Å². The van der Waals surface area contributed by atoms with E-state index in [4.69, 9.17) is 16.3 Å². The quantitative estimate of drug-likeness (QED) is 0.449. The molecule has 0 atom stereocenters. The molecule has 0 saturated heterocycles. The standard InChI is InChI=1S/C14H13BrClN3O2S/c1-2-21-13(20)6-11-8-22-14(18-11)19-17-7-9-5-10(16)3-4-12(9)15/h3-5,7-8H,2,6H2,1H3,(H,18,19). The number of hydrogen-bond donors (Lipinski definition) is 1. The molecule has 0 unspecified atom stereocenters. The van der Waals surface area contributed by atoms with Crippen molar-refractivity contribution in [1.29, 1.82) is 0 Å². The van der Waals surface area contributed by atoms with Crippen molar-refractivity contribution in [1.82, 2.24) is 4.98 Å². The van der Waals surface area contributed by atoms with Crippen LogP contribution in [-0.4, -0.2) is 23.8 Å². The highest BCUT2D eigenvalue weighted by Gasteiger charge is 2.07. The Hall–Kier alpha value is -1.44. The largest absolute Gasteiger partial charge is 0.466 e. The first kappa shape index (κ1) is 16.9. The molecule has 22 heavy (non-hydrogen) atoms. The lowest BCUT2D eigenvalue weighted by molar-refractivity contribution is -0.142. The predicted molar refractivity (Wildman–Crippen MR) is 92.8 cm³/mol. The monoisotopic (exact) mass is 401 g/mol. The SMILES string of the molecule is CCOC(=O)Cc1csc(NN=Cc2cc(Cl)ccc2Br)n1. The molecule has 1 aromatic heterocycles. The summed E-state index contributed by atoms with van der Waals surface area (Å²) in [4.78, 5) is 15.6. The molecular weight excluding hydrogens is 390 g/mol. The lowest BCUT2D eigenvalue weighted by atomic mass is 10.2. The van der Waals surface area contributed by atoms with Gasteiger partial charge in [-0.05, 0) is 25.1 Å². The van der Waals surface area contributed by atoms with Crippen LogP contribution in [0.2, 0.25) is 5.02 Å². The summed E-state index contributed by atoms with van der Waals surface area (Å²) >= 11 is 10.7. The molecule has 0 aliphatic carbocycles. The van der Waals surface area contributed by atoms with Gasteiger partial charge < -0.3 is 4.74 Å². The molecule has 1 N–H and O–H groups in total. The first-order valence-electron chi connectivity index (χ1n) is 6.42. The van der Waals surface area contributed by atoms with Gasteiger partial charge in [-0.2, -0.15) is 5.10 Å². The Morgan fingerprint density at radius 1 is 1.59 bits per heavy atom. The molecule has 1 aromatic carbocycles. The summed E-state index contributed by atoms with van der Waals surface area (Å²) in [6, 6.07) is 5.44. The molecular formula is C14H13BrClN3O2S. The maximum Gasteiger partial charge on any atom is 0.311 e. The highest BCUT2D eigenvalue weighted by molar-refractivity contribution is 9.10. The first-order chi connectivity index (χ1) is 10.6. The van der Waals surface area contributed by atoms with Crippen LogP contribution in [0.15, 0.2) is 33.2 Å². The maximum absolute atomic E-state index is 11.4. The third-order valence-corrected chi connectivity index (χ3v) is 4.26. The number of ether oxygens (including phenoxy) is 1. The summed E-state index contributed by atoms with van der Waals surface area (Å²) in [5.74, 6) is -0.286. The topological polar surface area (TPSA) is 63.6 Å². The molecule has 0 saturated carbocycles. The molecule has 8 heteroatoms. The normalized spacial score (nSPS) is 10.9. The van der Waals surface area contributed by atoms with E-state index < -0.39 is 0 Å². The zero-order valence-electron chi connectivity index (χ0n) is 11.7. The summed E-state index contributed by atoms with van der Waals surface area (Å²) < 4.78 is 5.77. The molecule has 0 spiro atoms. The molecule has 116 valence electrons. The number of hydrazone groups is 1. The van der Waals surface area contributed by atoms with Crippen LogP contribution >= 0.6 is 38.9 Å². The van der Waals surface area contributed by atoms with E-state index in [0.717, 1.165) is 10.0 Å². The van der Waals surface area contributed by atoms with E-state index in [1.807, 2.05) is 6.07 Å². The van der Waals surface area contributed by atoms with Crippen molar-refractivity contribution in [2.45, 2.75) is 13.3 Å². The number of nitrogens with one attached hydrogen (secondary N) is 1. The number of carbonyl (C=O) groups excluding carboxylic acids is 1. The zero-order valence-corrected chi connectivity index (χ0v) is 14.8. The molecule has 0 bridgehead atoms. The van der Waals surface area contributed by atoms with Gasteiger partial charge in [0.2, 0.25) is 5.13 Å². The lowest BCUT2D eigenvalue weighted by Gasteiger charge is -1.99. The Morgan fingerprint density at radius 3 is 3.18 bits per heavy atom. The zero-order chi connectivity index (χ0) is 15.9. The molecule has 0 amide bonds. The number of rotatable bonds is 6. The van der Waals surface area contributed by atoms with Crippen LogP contribution in [0.5, 0.6) is 0 Å². The molecule has 0 fully saturated rings. The molecule has 2 rings (SSSR count). The van der Waals surface area contributed by atoms with Crippen LogP contribution in [0.25, 0.3) is 0 Å². The van der Waals surface area contributed by atoms with Gasteiger partial charge in [-0.3, -0.25) is 10.2 Å². The molecule has 0 radical (unpaired) electrons. The van der Waals surface area contributed by atoms with E-state index in [0.29, 0.717) is 22.5 Å². The second-order valence-electron chi connectivity index (χ2n) is 4.16. The Labute approximate surface area is 145 Å². The summed E-state index contributed by atoms with van der Waals surface area (Å²) in [5, 5.41) is 7.15. The van der Waals surface area contributed by atoms with Gasteiger partial charge in [-0.25, -0.2) is 4.98 Å². The molecule has 5 nitrogen and oxygen atoms in total. The highest BCUT2D eigenvalue weighted by atomic mass is 79.9. The average molecular weight is 403 g/mol. The van der Waals surface area contributed by atoms with Gasteiger partial charge in [0.25, 0.3) is 0 Å². The van der Waals surface area contributed by atoms with Gasteiger partial charge in [0.1, 0.15) is 0 Å². The van der Waals surface area contributed by atoms with Crippen LogP contribution in [-0.2, 0) is 16.0 Å². The second kappa shape index (κ2) is 8.26. The van der Waals surface area contributed by atoms with E-state index in [-0.39, 0.29) is 12.4 Å². The van der Waals surface area contributed by atoms with Gasteiger partial charge in [0.15, 0.2) is 0 Å². The van der Waals surface area contributed by atoms with E-state index in [1.54, 1.807) is 30.7 Å². The molecule has 2 aromatic rings. The van der Waals surface area contributed by atoms with Gasteiger partial charge in [0.05, 0.1) is 24.9 Å². The molecule has 1 heterocycles. The summed E-state index contributed by atoms with van der Waals surface area (Å²) in [6.07, 6.45) is 1.80. The predicted octanol–water partition coefficient (Wildman–Crippen LogP) is 4.11. The van der Waals surface area contributed by atoms with E-state index >= 15 is 0 Å². The van der Waals surface area contributed by atoms with Crippen LogP contribution in [0.1, 0.15) is 18.2 Å². The number of aromatic nitrogens is 1. The number of carbonyl (C=O) groups is 1. The number of halogens is 2. The van der Waals surface area contributed by atoms with Crippen LogP contribution in [0, 0.1) is 0 Å². The first-order valence-corrected chi connectivity index (χ1v) is 8.47. The molecule has 0 aliphatic heterocycles. The van der Waals surface area contributed by atoms with Crippen LogP contribution < -0.4 is 5.43 Å². The summed E-state index contributed by atoms with van der Waals surface area (Å²) in [6.45, 7) is 2.14. The minimum absolute atomic E-state index is 0.162. The summed E-state index contributed by atoms with van der Waals surface area (Å²) in [5.41, 5.74) is 4.33. The number of benzene rings is 1. The minimum Gasteiger partial charge on any atom is -0.466 e. The van der Waals surface area contributed by atoms with Crippen molar-refractivity contribution < 1.29 is 9.53 Å². The minimum atomic E-state index is -0.286. The Balaban J connectivity index is 1.94. The van der Waals surface area contributed by atoms with Crippen molar-refractivity contribution >= 4 is 56.2 Å². The van der Waals surface area contributed by atoms with Crippen LogP contribution in [0.4, 0.5) is 5.13 Å². The van der Waals surface area contributed by atoms with E-state index in [1.165, 1.54) is 11.3 Å².